The molecule has 17 heavy (non-hydrogen) atoms. The van der Waals surface area contributed by atoms with Crippen molar-refractivity contribution >= 4 is 23.9 Å². The van der Waals surface area contributed by atoms with Crippen LogP contribution in [0.3, 0.4) is 0 Å². The summed E-state index contributed by atoms with van der Waals surface area (Å²) in [5.41, 5.74) is 0. The quantitative estimate of drug-likeness (QED) is 0.478. The van der Waals surface area contributed by atoms with E-state index in [0.717, 1.165) is 0 Å². The highest BCUT2D eigenvalue weighted by molar-refractivity contribution is 6.02. The van der Waals surface area contributed by atoms with Gasteiger partial charge in [0.05, 0.1) is 23.7 Å². The Hall–Kier alpha value is -1.92. The SMILES string of the molecule is O=C(O)C1C(C(=O)O)C1C1C2C(=O)OC(=O)C21. The predicted molar refractivity (Wildman–Crippen MR) is 47.3 cm³/mol. The second-order valence-corrected chi connectivity index (χ2v) is 4.67. The maximum Gasteiger partial charge on any atom is 0.317 e. The van der Waals surface area contributed by atoms with Gasteiger partial charge in [0.2, 0.25) is 0 Å². The van der Waals surface area contributed by atoms with Gasteiger partial charge in [-0.25, -0.2) is 0 Å². The Morgan fingerprint density at radius 1 is 0.882 bits per heavy atom. The number of carboxylic acid groups (broad SMARTS) is 2. The lowest BCUT2D eigenvalue weighted by atomic mass is 10.1. The van der Waals surface area contributed by atoms with Crippen molar-refractivity contribution in [3.05, 3.63) is 0 Å². The molecule has 0 spiro atoms. The zero-order valence-electron chi connectivity index (χ0n) is 8.40. The maximum atomic E-state index is 11.2. The molecule has 3 rings (SSSR count). The highest BCUT2D eigenvalue weighted by atomic mass is 16.6. The van der Waals surface area contributed by atoms with E-state index in [0.29, 0.717) is 0 Å². The van der Waals surface area contributed by atoms with Crippen molar-refractivity contribution in [2.24, 2.45) is 35.5 Å². The fraction of sp³-hybridized carbons (Fsp3) is 0.600. The van der Waals surface area contributed by atoms with Gasteiger partial charge in [0.15, 0.2) is 0 Å². The smallest absolute Gasteiger partial charge is 0.317 e. The van der Waals surface area contributed by atoms with Gasteiger partial charge in [0.25, 0.3) is 0 Å². The Bertz CT molecular complexity index is 427. The number of carbonyl (C=O) groups excluding carboxylic acids is 2. The van der Waals surface area contributed by atoms with Crippen LogP contribution in [-0.2, 0) is 23.9 Å². The van der Waals surface area contributed by atoms with Crippen molar-refractivity contribution in [1.82, 2.24) is 0 Å². The molecule has 2 aliphatic carbocycles. The number of hydrogen-bond acceptors (Lipinski definition) is 5. The minimum absolute atomic E-state index is 0.453. The summed E-state index contributed by atoms with van der Waals surface area (Å²) in [5, 5.41) is 17.7. The molecule has 0 bridgehead atoms. The fourth-order valence-electron chi connectivity index (χ4n) is 3.11. The average molecular weight is 240 g/mol. The van der Waals surface area contributed by atoms with Crippen LogP contribution in [0.2, 0.25) is 0 Å². The van der Waals surface area contributed by atoms with Crippen LogP contribution in [0, 0.1) is 35.5 Å². The van der Waals surface area contributed by atoms with E-state index in [1.54, 1.807) is 0 Å². The van der Waals surface area contributed by atoms with Crippen LogP contribution >= 0.6 is 0 Å². The minimum atomic E-state index is -1.19. The normalized spacial score (nSPS) is 46.1. The number of carbonyl (C=O) groups is 4. The Morgan fingerprint density at radius 3 is 1.65 bits per heavy atom. The predicted octanol–water partition coefficient (Wildman–Crippen LogP) is -1.04. The fourth-order valence-corrected chi connectivity index (χ4v) is 3.11. The van der Waals surface area contributed by atoms with Crippen LogP contribution in [0.25, 0.3) is 0 Å². The van der Waals surface area contributed by atoms with Crippen LogP contribution in [0.4, 0.5) is 0 Å². The largest absolute Gasteiger partial charge is 0.481 e. The Labute approximate surface area is 94.4 Å². The third-order valence-corrected chi connectivity index (χ3v) is 3.91. The summed E-state index contributed by atoms with van der Waals surface area (Å²) in [6.07, 6.45) is 0. The first kappa shape index (κ1) is 10.2. The first-order valence-electron chi connectivity index (χ1n) is 5.16. The second kappa shape index (κ2) is 2.85. The van der Waals surface area contributed by atoms with Crippen molar-refractivity contribution in [2.45, 2.75) is 0 Å². The van der Waals surface area contributed by atoms with Crippen LogP contribution in [-0.4, -0.2) is 34.1 Å². The Morgan fingerprint density at radius 2 is 1.29 bits per heavy atom. The molecule has 1 heterocycles. The van der Waals surface area contributed by atoms with E-state index in [2.05, 4.69) is 4.74 Å². The van der Waals surface area contributed by atoms with E-state index in [-0.39, 0.29) is 0 Å². The molecule has 3 fully saturated rings. The lowest BCUT2D eigenvalue weighted by molar-refractivity contribution is -0.157. The molecule has 0 aromatic rings. The zero-order valence-corrected chi connectivity index (χ0v) is 8.40. The number of esters is 2. The van der Waals surface area contributed by atoms with Crippen LogP contribution < -0.4 is 0 Å². The monoisotopic (exact) mass is 240 g/mol. The molecular weight excluding hydrogens is 232 g/mol. The molecule has 0 amide bonds. The summed E-state index contributed by atoms with van der Waals surface area (Å²) in [4.78, 5) is 44.0. The molecule has 90 valence electrons. The van der Waals surface area contributed by atoms with Gasteiger partial charge < -0.3 is 14.9 Å². The molecule has 0 radical (unpaired) electrons. The summed E-state index contributed by atoms with van der Waals surface area (Å²) < 4.78 is 4.35. The van der Waals surface area contributed by atoms with E-state index >= 15 is 0 Å². The van der Waals surface area contributed by atoms with Gasteiger partial charge in [0, 0.05) is 0 Å². The van der Waals surface area contributed by atoms with Gasteiger partial charge >= 0.3 is 23.9 Å². The first-order valence-corrected chi connectivity index (χ1v) is 5.16. The van der Waals surface area contributed by atoms with Crippen LogP contribution in [0.1, 0.15) is 0 Å². The summed E-state index contributed by atoms with van der Waals surface area (Å²) in [6, 6.07) is 0. The highest BCUT2D eigenvalue weighted by Gasteiger charge is 2.77. The van der Waals surface area contributed by atoms with Gasteiger partial charge in [0.1, 0.15) is 0 Å². The van der Waals surface area contributed by atoms with Crippen LogP contribution in [0.15, 0.2) is 0 Å². The molecule has 7 heteroatoms. The summed E-state index contributed by atoms with van der Waals surface area (Å²) in [6.45, 7) is 0. The number of cyclic esters (lactones) is 2. The number of hydrogen-bond donors (Lipinski definition) is 2. The van der Waals surface area contributed by atoms with Gasteiger partial charge in [-0.05, 0) is 11.8 Å². The maximum absolute atomic E-state index is 11.2. The number of carboxylic acids is 2. The molecule has 1 saturated heterocycles. The van der Waals surface area contributed by atoms with Gasteiger partial charge in [-0.3, -0.25) is 19.2 Å². The number of fused-ring (bicyclic) bond motifs is 1. The number of ether oxygens (including phenoxy) is 1. The van der Waals surface area contributed by atoms with Crippen molar-refractivity contribution < 1.29 is 34.1 Å². The second-order valence-electron chi connectivity index (χ2n) is 4.67. The van der Waals surface area contributed by atoms with E-state index in [1.807, 2.05) is 0 Å². The van der Waals surface area contributed by atoms with Crippen molar-refractivity contribution in [3.8, 4) is 0 Å². The molecule has 4 atom stereocenters. The molecule has 2 N–H and O–H groups in total. The third kappa shape index (κ3) is 1.16. The zero-order chi connectivity index (χ0) is 12.5. The van der Waals surface area contributed by atoms with Crippen LogP contribution in [0.5, 0.6) is 0 Å². The van der Waals surface area contributed by atoms with Gasteiger partial charge in [-0.1, -0.05) is 0 Å². The highest BCUT2D eigenvalue weighted by Crippen LogP contribution is 2.67. The summed E-state index contributed by atoms with van der Waals surface area (Å²) >= 11 is 0. The van der Waals surface area contributed by atoms with E-state index in [4.69, 9.17) is 10.2 Å². The standard InChI is InChI=1S/C10H8O7/c11-7(12)3-1(4(3)8(13)14)2-5-6(2)10(16)17-9(5)15/h1-6H,(H,11,12)(H,13,14). The van der Waals surface area contributed by atoms with E-state index in [1.165, 1.54) is 0 Å². The molecule has 4 unspecified atom stereocenters. The Balaban J connectivity index is 1.80. The molecular formula is C10H8O7. The molecule has 1 aliphatic heterocycles. The minimum Gasteiger partial charge on any atom is -0.481 e. The number of aliphatic carboxylic acids is 2. The van der Waals surface area contributed by atoms with Crippen molar-refractivity contribution in [2.75, 3.05) is 0 Å². The molecule has 7 nitrogen and oxygen atoms in total. The van der Waals surface area contributed by atoms with Crippen molar-refractivity contribution in [3.63, 3.8) is 0 Å². The molecule has 3 aliphatic rings. The lowest BCUT2D eigenvalue weighted by Gasteiger charge is -2.00. The number of rotatable bonds is 3. The molecule has 2 saturated carbocycles. The van der Waals surface area contributed by atoms with Crippen molar-refractivity contribution in [1.29, 1.82) is 0 Å². The molecule has 0 aromatic heterocycles. The lowest BCUT2D eigenvalue weighted by Crippen LogP contribution is -2.13. The third-order valence-electron chi connectivity index (χ3n) is 3.91. The van der Waals surface area contributed by atoms with E-state index < -0.39 is 59.4 Å². The van der Waals surface area contributed by atoms with Gasteiger partial charge in [-0.2, -0.15) is 0 Å². The topological polar surface area (TPSA) is 118 Å². The molecule has 0 aromatic carbocycles. The van der Waals surface area contributed by atoms with E-state index in [9.17, 15) is 19.2 Å². The summed E-state index contributed by atoms with van der Waals surface area (Å²) in [7, 11) is 0. The average Bonchev–Trinajstić information content (AvgIpc) is 3.07. The summed E-state index contributed by atoms with van der Waals surface area (Å²) in [5.74, 6) is -7.93. The van der Waals surface area contributed by atoms with Gasteiger partial charge in [-0.15, -0.1) is 0 Å². The first-order chi connectivity index (χ1) is 7.95. The Kier molecular flexibility index (Phi) is 1.72.